The lowest BCUT2D eigenvalue weighted by atomic mass is 9.66. The van der Waals surface area contributed by atoms with Gasteiger partial charge in [0.2, 0.25) is 0 Å². The number of benzene rings is 1. The van der Waals surface area contributed by atoms with Crippen LogP contribution in [0.4, 0.5) is 0 Å². The summed E-state index contributed by atoms with van der Waals surface area (Å²) in [6, 6.07) is 13.7. The van der Waals surface area contributed by atoms with E-state index in [4.69, 9.17) is 16.1 Å². The molecule has 148 valence electrons. The van der Waals surface area contributed by atoms with Gasteiger partial charge in [-0.2, -0.15) is 0 Å². The predicted molar refractivity (Wildman–Crippen MR) is 113 cm³/mol. The molecule has 5 rings (SSSR count). The highest BCUT2D eigenvalue weighted by Gasteiger charge is 2.54. The molecule has 2 bridgehead atoms. The van der Waals surface area contributed by atoms with Crippen LogP contribution < -0.4 is 0 Å². The second-order valence-corrected chi connectivity index (χ2v) is 7.79. The van der Waals surface area contributed by atoms with Crippen molar-refractivity contribution in [3.05, 3.63) is 65.0 Å². The van der Waals surface area contributed by atoms with Gasteiger partial charge in [-0.25, -0.2) is 4.98 Å². The Balaban J connectivity index is 1.79. The molecule has 0 aliphatic carbocycles. The maximum absolute atomic E-state index is 12.0. The van der Waals surface area contributed by atoms with E-state index in [1.165, 1.54) is 0 Å². The van der Waals surface area contributed by atoms with Crippen molar-refractivity contribution in [2.24, 2.45) is 5.92 Å². The largest absolute Gasteiger partial charge is 0.382 e. The highest BCUT2D eigenvalue weighted by Crippen LogP contribution is 2.47. The van der Waals surface area contributed by atoms with Crippen molar-refractivity contribution in [1.82, 2.24) is 9.88 Å². The monoisotopic (exact) mass is 386 g/mol. The average Bonchev–Trinajstić information content (AvgIpc) is 2.75. The van der Waals surface area contributed by atoms with Crippen LogP contribution in [-0.4, -0.2) is 47.8 Å². The molecule has 2 atom stereocenters. The molecule has 0 amide bonds. The molecule has 2 unspecified atom stereocenters. The highest BCUT2D eigenvalue weighted by molar-refractivity contribution is 5.41. The number of hydrogen-bond acceptors (Lipinski definition) is 4. The SMILES string of the molecule is C#CC1N2CCC(CC2)C1(O)c1ccc(C#CCOC)nc1Cc1ccccc1. The van der Waals surface area contributed by atoms with Crippen LogP contribution >= 0.6 is 0 Å². The van der Waals surface area contributed by atoms with Crippen molar-refractivity contribution < 1.29 is 9.84 Å². The Labute approximate surface area is 172 Å². The Bertz CT molecular complexity index is 962. The second-order valence-electron chi connectivity index (χ2n) is 7.79. The van der Waals surface area contributed by atoms with Crippen LogP contribution in [0.3, 0.4) is 0 Å². The molecule has 4 heteroatoms. The summed E-state index contributed by atoms with van der Waals surface area (Å²) in [6.07, 6.45) is 8.44. The molecule has 29 heavy (non-hydrogen) atoms. The summed E-state index contributed by atoms with van der Waals surface area (Å²) >= 11 is 0. The van der Waals surface area contributed by atoms with E-state index in [-0.39, 0.29) is 12.0 Å². The zero-order valence-electron chi connectivity index (χ0n) is 16.8. The summed E-state index contributed by atoms with van der Waals surface area (Å²) in [5, 5.41) is 12.0. The molecule has 1 aromatic carbocycles. The van der Waals surface area contributed by atoms with E-state index in [1.54, 1.807) is 7.11 Å². The van der Waals surface area contributed by atoms with Gasteiger partial charge in [-0.1, -0.05) is 48.2 Å². The number of aliphatic hydroxyl groups is 1. The van der Waals surface area contributed by atoms with Crippen LogP contribution in [0.1, 0.15) is 35.4 Å². The van der Waals surface area contributed by atoms with Gasteiger partial charge in [-0.3, -0.25) is 4.90 Å². The number of nitrogens with zero attached hydrogens (tertiary/aromatic N) is 2. The third-order valence-electron chi connectivity index (χ3n) is 6.14. The van der Waals surface area contributed by atoms with Gasteiger partial charge in [0, 0.05) is 19.1 Å². The molecular weight excluding hydrogens is 360 g/mol. The van der Waals surface area contributed by atoms with Crippen LogP contribution in [0.5, 0.6) is 0 Å². The van der Waals surface area contributed by atoms with Crippen molar-refractivity contribution in [3.63, 3.8) is 0 Å². The van der Waals surface area contributed by atoms with Crippen molar-refractivity contribution in [2.75, 3.05) is 26.8 Å². The van der Waals surface area contributed by atoms with Crippen LogP contribution in [0.2, 0.25) is 0 Å². The van der Waals surface area contributed by atoms with Crippen molar-refractivity contribution in [2.45, 2.75) is 30.9 Å². The first-order valence-corrected chi connectivity index (χ1v) is 10.1. The van der Waals surface area contributed by atoms with Crippen LogP contribution in [-0.2, 0) is 16.8 Å². The fraction of sp³-hybridized carbons (Fsp3) is 0.400. The predicted octanol–water partition coefficient (Wildman–Crippen LogP) is 2.59. The van der Waals surface area contributed by atoms with Gasteiger partial charge in [0.05, 0.1) is 5.69 Å². The van der Waals surface area contributed by atoms with Gasteiger partial charge < -0.3 is 9.84 Å². The molecule has 3 aliphatic rings. The normalized spacial score (nSPS) is 27.7. The molecule has 0 saturated carbocycles. The summed E-state index contributed by atoms with van der Waals surface area (Å²) in [5.74, 6) is 9.04. The van der Waals surface area contributed by atoms with Crippen LogP contribution in [0, 0.1) is 30.1 Å². The summed E-state index contributed by atoms with van der Waals surface area (Å²) in [7, 11) is 1.62. The molecule has 1 aromatic heterocycles. The summed E-state index contributed by atoms with van der Waals surface area (Å²) in [6.45, 7) is 2.26. The van der Waals surface area contributed by atoms with E-state index in [1.807, 2.05) is 30.3 Å². The number of methoxy groups -OCH3 is 1. The van der Waals surface area contributed by atoms with E-state index >= 15 is 0 Å². The Morgan fingerprint density at radius 3 is 2.66 bits per heavy atom. The lowest BCUT2D eigenvalue weighted by Gasteiger charge is -2.54. The topological polar surface area (TPSA) is 45.6 Å². The number of aromatic nitrogens is 1. The van der Waals surface area contributed by atoms with E-state index < -0.39 is 5.60 Å². The lowest BCUT2D eigenvalue weighted by Crippen LogP contribution is -2.63. The van der Waals surface area contributed by atoms with Crippen molar-refractivity contribution in [1.29, 1.82) is 0 Å². The Morgan fingerprint density at radius 1 is 1.21 bits per heavy atom. The molecule has 1 N–H and O–H groups in total. The van der Waals surface area contributed by atoms with Gasteiger partial charge in [-0.05, 0) is 49.4 Å². The molecular formula is C25H26N2O2. The third-order valence-corrected chi connectivity index (χ3v) is 6.14. The summed E-state index contributed by atoms with van der Waals surface area (Å²) < 4.78 is 5.02. The maximum atomic E-state index is 12.0. The minimum absolute atomic E-state index is 0.148. The molecule has 3 aliphatic heterocycles. The highest BCUT2D eigenvalue weighted by atomic mass is 16.5. The minimum Gasteiger partial charge on any atom is -0.382 e. The van der Waals surface area contributed by atoms with Crippen LogP contribution in [0.25, 0.3) is 0 Å². The molecule has 4 heterocycles. The first-order valence-electron chi connectivity index (χ1n) is 10.1. The fourth-order valence-electron chi connectivity index (χ4n) is 4.76. The number of ether oxygens (including phenoxy) is 1. The number of pyridine rings is 1. The fourth-order valence-corrected chi connectivity index (χ4v) is 4.76. The number of rotatable bonds is 4. The zero-order chi connectivity index (χ0) is 20.3. The molecule has 4 nitrogen and oxygen atoms in total. The van der Waals surface area contributed by atoms with Gasteiger partial charge in [0.15, 0.2) is 0 Å². The van der Waals surface area contributed by atoms with Crippen molar-refractivity contribution in [3.8, 4) is 24.2 Å². The quantitative estimate of drug-likeness (QED) is 0.821. The van der Waals surface area contributed by atoms with E-state index in [0.29, 0.717) is 18.7 Å². The standard InChI is InChI=1S/C25H26N2O2/c1-3-24-25(28,20-13-15-27(24)16-14-20)22-12-11-21(10-7-17-29-2)26-23(22)18-19-8-5-4-6-9-19/h1,4-6,8-9,11-12,20,24,28H,13-18H2,2H3. The Morgan fingerprint density at radius 2 is 1.97 bits per heavy atom. The van der Waals surface area contributed by atoms with E-state index in [9.17, 15) is 5.11 Å². The van der Waals surface area contributed by atoms with Crippen molar-refractivity contribution >= 4 is 0 Å². The molecule has 3 saturated heterocycles. The molecule has 3 fully saturated rings. The average molecular weight is 386 g/mol. The number of hydrogen-bond donors (Lipinski definition) is 1. The molecule has 0 radical (unpaired) electrons. The maximum Gasteiger partial charge on any atom is 0.121 e. The number of fused-ring (bicyclic) bond motifs is 3. The molecule has 0 spiro atoms. The molecule has 2 aromatic rings. The van der Waals surface area contributed by atoms with E-state index in [0.717, 1.165) is 42.8 Å². The Hall–Kier alpha value is -2.63. The first-order chi connectivity index (χ1) is 14.2. The van der Waals surface area contributed by atoms with Gasteiger partial charge >= 0.3 is 0 Å². The van der Waals surface area contributed by atoms with E-state index in [2.05, 4.69) is 34.8 Å². The smallest absolute Gasteiger partial charge is 0.121 e. The van der Waals surface area contributed by atoms with Gasteiger partial charge in [0.25, 0.3) is 0 Å². The summed E-state index contributed by atoms with van der Waals surface area (Å²) in [4.78, 5) is 7.07. The second kappa shape index (κ2) is 8.39. The number of terminal acetylenes is 1. The minimum atomic E-state index is -1.08. The lowest BCUT2D eigenvalue weighted by molar-refractivity contribution is -0.143. The van der Waals surface area contributed by atoms with Gasteiger partial charge in [0.1, 0.15) is 23.9 Å². The zero-order valence-corrected chi connectivity index (χ0v) is 16.8. The number of piperidine rings is 3. The summed E-state index contributed by atoms with van der Waals surface area (Å²) in [5.41, 5.74) is 2.43. The third kappa shape index (κ3) is 3.68. The first kappa shape index (κ1) is 19.7. The van der Waals surface area contributed by atoms with Gasteiger partial charge in [-0.15, -0.1) is 6.42 Å². The Kier molecular flexibility index (Phi) is 5.69. The van der Waals surface area contributed by atoms with Crippen LogP contribution in [0.15, 0.2) is 42.5 Å².